The Morgan fingerprint density at radius 2 is 2.30 bits per heavy atom. The van der Waals surface area contributed by atoms with Gasteiger partial charge in [0.2, 0.25) is 0 Å². The van der Waals surface area contributed by atoms with E-state index in [-0.39, 0.29) is 18.1 Å². The molecule has 0 bridgehead atoms. The summed E-state index contributed by atoms with van der Waals surface area (Å²) in [5.74, 6) is -0.00694. The minimum absolute atomic E-state index is 0.00694. The molecular weight excluding hydrogens is 132 g/mol. The second-order valence-corrected chi connectivity index (χ2v) is 2.80. The number of ether oxygens (including phenoxy) is 2. The van der Waals surface area contributed by atoms with E-state index in [2.05, 4.69) is 0 Å². The normalized spacial score (nSPS) is 45.4. The molecule has 10 heavy (non-hydrogen) atoms. The maximum absolute atomic E-state index is 10.4. The molecule has 2 fully saturated rings. The Hall–Kier alpha value is -0.410. The average molecular weight is 142 g/mol. The Balaban J connectivity index is 2.07. The Bertz CT molecular complexity index is 146. The van der Waals surface area contributed by atoms with Gasteiger partial charge in [0.15, 0.2) is 0 Å². The van der Waals surface area contributed by atoms with Crippen LogP contribution in [0.15, 0.2) is 0 Å². The van der Waals surface area contributed by atoms with E-state index >= 15 is 0 Å². The molecule has 0 N–H and O–H groups in total. The van der Waals surface area contributed by atoms with Gasteiger partial charge in [0.05, 0.1) is 24.7 Å². The van der Waals surface area contributed by atoms with E-state index in [1.54, 1.807) is 0 Å². The number of carbonyl (C=O) groups is 1. The van der Waals surface area contributed by atoms with Crippen LogP contribution in [0.4, 0.5) is 0 Å². The molecule has 2 heterocycles. The smallest absolute Gasteiger partial charge is 0.128 e. The highest BCUT2D eigenvalue weighted by Gasteiger charge is 2.41. The highest BCUT2D eigenvalue weighted by molar-refractivity contribution is 5.55. The first-order chi connectivity index (χ1) is 4.92. The quantitative estimate of drug-likeness (QED) is 0.483. The molecule has 0 saturated carbocycles. The maximum atomic E-state index is 10.4. The van der Waals surface area contributed by atoms with Crippen molar-refractivity contribution in [2.45, 2.75) is 18.6 Å². The van der Waals surface area contributed by atoms with Gasteiger partial charge < -0.3 is 14.3 Å². The number of fused-ring (bicyclic) bond motifs is 1. The summed E-state index contributed by atoms with van der Waals surface area (Å²) in [4.78, 5) is 10.4. The Morgan fingerprint density at radius 1 is 1.40 bits per heavy atom. The molecule has 2 aliphatic rings. The predicted molar refractivity (Wildman–Crippen MR) is 33.7 cm³/mol. The van der Waals surface area contributed by atoms with Crippen molar-refractivity contribution in [3.8, 4) is 0 Å². The molecule has 0 aliphatic carbocycles. The maximum Gasteiger partial charge on any atom is 0.128 e. The number of carbonyl (C=O) groups excluding carboxylic acids is 1. The Labute approximate surface area is 59.3 Å². The van der Waals surface area contributed by atoms with Crippen molar-refractivity contribution in [1.29, 1.82) is 0 Å². The number of rotatable bonds is 1. The minimum Gasteiger partial charge on any atom is -0.375 e. The minimum atomic E-state index is -0.00694. The Morgan fingerprint density at radius 3 is 3.10 bits per heavy atom. The fraction of sp³-hybridized carbons (Fsp3) is 0.857. The van der Waals surface area contributed by atoms with Crippen LogP contribution in [-0.4, -0.2) is 31.7 Å². The van der Waals surface area contributed by atoms with Crippen LogP contribution in [-0.2, 0) is 14.3 Å². The van der Waals surface area contributed by atoms with E-state index in [0.717, 1.165) is 19.3 Å². The van der Waals surface area contributed by atoms with E-state index < -0.39 is 0 Å². The lowest BCUT2D eigenvalue weighted by Gasteiger charge is -2.08. The first-order valence-electron chi connectivity index (χ1n) is 3.60. The van der Waals surface area contributed by atoms with Gasteiger partial charge in [0, 0.05) is 6.61 Å². The van der Waals surface area contributed by atoms with Crippen LogP contribution in [0.2, 0.25) is 0 Å². The lowest BCUT2D eigenvalue weighted by atomic mass is 10.0. The van der Waals surface area contributed by atoms with Gasteiger partial charge in [0.1, 0.15) is 6.29 Å². The van der Waals surface area contributed by atoms with Crippen LogP contribution >= 0.6 is 0 Å². The van der Waals surface area contributed by atoms with Crippen molar-refractivity contribution >= 4 is 6.29 Å². The third-order valence-electron chi connectivity index (χ3n) is 2.18. The van der Waals surface area contributed by atoms with E-state index in [1.807, 2.05) is 0 Å². The van der Waals surface area contributed by atoms with Gasteiger partial charge in [-0.1, -0.05) is 0 Å². The highest BCUT2D eigenvalue weighted by Crippen LogP contribution is 2.29. The van der Waals surface area contributed by atoms with Gasteiger partial charge in [0.25, 0.3) is 0 Å². The van der Waals surface area contributed by atoms with Gasteiger partial charge in [-0.25, -0.2) is 0 Å². The molecule has 0 amide bonds. The zero-order valence-electron chi connectivity index (χ0n) is 5.66. The molecule has 56 valence electrons. The first kappa shape index (κ1) is 6.31. The summed E-state index contributed by atoms with van der Waals surface area (Å²) in [6.45, 7) is 1.30. The van der Waals surface area contributed by atoms with Gasteiger partial charge >= 0.3 is 0 Å². The summed E-state index contributed by atoms with van der Waals surface area (Å²) in [6.07, 6.45) is 2.16. The fourth-order valence-electron chi connectivity index (χ4n) is 1.62. The fourth-order valence-corrected chi connectivity index (χ4v) is 1.62. The molecule has 3 heteroatoms. The predicted octanol–water partition coefficient (Wildman–Crippen LogP) is -0.0108. The van der Waals surface area contributed by atoms with Crippen molar-refractivity contribution in [2.75, 3.05) is 13.2 Å². The Kier molecular flexibility index (Phi) is 1.47. The second-order valence-electron chi connectivity index (χ2n) is 2.80. The molecule has 2 rings (SSSR count). The molecule has 3 atom stereocenters. The molecule has 0 spiro atoms. The molecule has 2 saturated heterocycles. The van der Waals surface area contributed by atoms with E-state index in [1.165, 1.54) is 0 Å². The summed E-state index contributed by atoms with van der Waals surface area (Å²) in [6, 6.07) is 0. The van der Waals surface area contributed by atoms with Crippen molar-refractivity contribution < 1.29 is 14.3 Å². The average Bonchev–Trinajstić information content (AvgIpc) is 2.44. The first-order valence-corrected chi connectivity index (χ1v) is 3.60. The third kappa shape index (κ3) is 0.777. The molecule has 0 aromatic rings. The molecule has 0 radical (unpaired) electrons. The summed E-state index contributed by atoms with van der Waals surface area (Å²) >= 11 is 0. The zero-order valence-corrected chi connectivity index (χ0v) is 5.66. The standard InChI is InChI=1S/C7H10O3/c8-3-5-4-10-6-1-2-9-7(5)6/h3,5-7H,1-2,4H2/t5-,6?,7?/m1/s1. The third-order valence-corrected chi connectivity index (χ3v) is 2.18. The number of hydrogen-bond acceptors (Lipinski definition) is 3. The van der Waals surface area contributed by atoms with Crippen molar-refractivity contribution in [1.82, 2.24) is 0 Å². The molecule has 0 aromatic heterocycles. The molecule has 0 aromatic carbocycles. The summed E-state index contributed by atoms with van der Waals surface area (Å²) < 4.78 is 10.6. The summed E-state index contributed by atoms with van der Waals surface area (Å²) in [7, 11) is 0. The van der Waals surface area contributed by atoms with Gasteiger partial charge in [-0.3, -0.25) is 0 Å². The van der Waals surface area contributed by atoms with Crippen molar-refractivity contribution in [3.05, 3.63) is 0 Å². The SMILES string of the molecule is O=C[C@@H]1COC2CCOC21. The van der Waals surface area contributed by atoms with Gasteiger partial charge in [-0.2, -0.15) is 0 Å². The van der Waals surface area contributed by atoms with Crippen LogP contribution in [0.1, 0.15) is 6.42 Å². The van der Waals surface area contributed by atoms with E-state index in [0.29, 0.717) is 6.61 Å². The van der Waals surface area contributed by atoms with Crippen LogP contribution in [0.25, 0.3) is 0 Å². The summed E-state index contributed by atoms with van der Waals surface area (Å²) in [5, 5.41) is 0. The molecule has 2 unspecified atom stereocenters. The number of aldehydes is 1. The lowest BCUT2D eigenvalue weighted by molar-refractivity contribution is -0.113. The van der Waals surface area contributed by atoms with E-state index in [9.17, 15) is 4.79 Å². The number of hydrogen-bond donors (Lipinski definition) is 0. The van der Waals surface area contributed by atoms with Gasteiger partial charge in [-0.05, 0) is 6.42 Å². The van der Waals surface area contributed by atoms with Crippen LogP contribution in [0, 0.1) is 5.92 Å². The topological polar surface area (TPSA) is 35.5 Å². The van der Waals surface area contributed by atoms with Crippen molar-refractivity contribution in [2.24, 2.45) is 5.92 Å². The van der Waals surface area contributed by atoms with Crippen LogP contribution in [0.3, 0.4) is 0 Å². The molecule has 3 nitrogen and oxygen atoms in total. The molecule has 2 aliphatic heterocycles. The second kappa shape index (κ2) is 2.32. The highest BCUT2D eigenvalue weighted by atomic mass is 16.6. The van der Waals surface area contributed by atoms with E-state index in [4.69, 9.17) is 9.47 Å². The molecular formula is C7H10O3. The van der Waals surface area contributed by atoms with Crippen LogP contribution in [0.5, 0.6) is 0 Å². The zero-order chi connectivity index (χ0) is 6.97. The van der Waals surface area contributed by atoms with Crippen molar-refractivity contribution in [3.63, 3.8) is 0 Å². The van der Waals surface area contributed by atoms with Crippen LogP contribution < -0.4 is 0 Å². The van der Waals surface area contributed by atoms with Gasteiger partial charge in [-0.15, -0.1) is 0 Å². The monoisotopic (exact) mass is 142 g/mol. The summed E-state index contributed by atoms with van der Waals surface area (Å²) in [5.41, 5.74) is 0. The lowest BCUT2D eigenvalue weighted by Crippen LogP contribution is -2.23. The largest absolute Gasteiger partial charge is 0.375 e.